The minimum Gasteiger partial charge on any atom is -0.478 e. The third-order valence-electron chi connectivity index (χ3n) is 1.63. The number of rotatable bonds is 2. The van der Waals surface area contributed by atoms with E-state index in [9.17, 15) is 13.2 Å². The van der Waals surface area contributed by atoms with Crippen LogP contribution in [0, 0.1) is 6.92 Å². The Morgan fingerprint density at radius 3 is 2.50 bits per heavy atom. The summed E-state index contributed by atoms with van der Waals surface area (Å²) < 4.78 is 41.9. The quantitative estimate of drug-likeness (QED) is 0.740. The van der Waals surface area contributed by atoms with Crippen molar-refractivity contribution in [1.29, 1.82) is 0 Å². The largest absolute Gasteiger partial charge is 0.478 e. The molecule has 2 nitrogen and oxygen atoms in total. The van der Waals surface area contributed by atoms with Crippen LogP contribution in [0.1, 0.15) is 18.2 Å². The molecule has 1 aromatic rings. The lowest BCUT2D eigenvalue weighted by Gasteiger charge is -2.10. The number of aromatic nitrogens is 1. The SMILES string of the molecule is CCOc1ccc(C)c(C(F)(F)F)n1. The fourth-order valence-electron chi connectivity index (χ4n) is 1.03. The van der Waals surface area contributed by atoms with Crippen molar-refractivity contribution in [2.24, 2.45) is 0 Å². The first kappa shape index (κ1) is 10.8. The molecule has 14 heavy (non-hydrogen) atoms. The zero-order valence-electron chi connectivity index (χ0n) is 7.85. The maximum absolute atomic E-state index is 12.4. The van der Waals surface area contributed by atoms with E-state index in [0.717, 1.165) is 0 Å². The summed E-state index contributed by atoms with van der Waals surface area (Å²) in [7, 11) is 0. The molecule has 0 saturated carbocycles. The molecule has 0 amide bonds. The molecule has 1 heterocycles. The molecule has 5 heteroatoms. The van der Waals surface area contributed by atoms with Crippen LogP contribution < -0.4 is 4.74 Å². The predicted octanol–water partition coefficient (Wildman–Crippen LogP) is 2.81. The molecule has 0 unspecified atom stereocenters. The Morgan fingerprint density at radius 2 is 2.00 bits per heavy atom. The highest BCUT2D eigenvalue weighted by atomic mass is 19.4. The number of nitrogens with zero attached hydrogens (tertiary/aromatic N) is 1. The maximum atomic E-state index is 12.4. The van der Waals surface area contributed by atoms with E-state index in [-0.39, 0.29) is 11.4 Å². The molecule has 0 aliphatic heterocycles. The topological polar surface area (TPSA) is 22.1 Å². The molecule has 0 fully saturated rings. The minimum absolute atomic E-state index is 0.00502. The van der Waals surface area contributed by atoms with Crippen LogP contribution in [0.15, 0.2) is 12.1 Å². The molecule has 0 bridgehead atoms. The van der Waals surface area contributed by atoms with Crippen molar-refractivity contribution < 1.29 is 17.9 Å². The van der Waals surface area contributed by atoms with Crippen molar-refractivity contribution in [2.75, 3.05) is 6.61 Å². The highest BCUT2D eigenvalue weighted by Crippen LogP contribution is 2.31. The molecule has 78 valence electrons. The van der Waals surface area contributed by atoms with E-state index >= 15 is 0 Å². The van der Waals surface area contributed by atoms with E-state index in [1.165, 1.54) is 19.1 Å². The van der Waals surface area contributed by atoms with Crippen LogP contribution in [0.25, 0.3) is 0 Å². The van der Waals surface area contributed by atoms with Crippen molar-refractivity contribution in [1.82, 2.24) is 4.98 Å². The molecule has 0 aliphatic carbocycles. The fourth-order valence-corrected chi connectivity index (χ4v) is 1.03. The molecule has 0 N–H and O–H groups in total. The number of ether oxygens (including phenoxy) is 1. The van der Waals surface area contributed by atoms with Gasteiger partial charge in [-0.2, -0.15) is 13.2 Å². The van der Waals surface area contributed by atoms with Gasteiger partial charge in [0.05, 0.1) is 6.61 Å². The van der Waals surface area contributed by atoms with Crippen LogP contribution in [-0.2, 0) is 6.18 Å². The van der Waals surface area contributed by atoms with Gasteiger partial charge < -0.3 is 4.74 Å². The molecule has 0 aliphatic rings. The van der Waals surface area contributed by atoms with Crippen LogP contribution in [0.5, 0.6) is 5.88 Å². The zero-order valence-corrected chi connectivity index (χ0v) is 7.85. The number of hydrogen-bond acceptors (Lipinski definition) is 2. The van der Waals surface area contributed by atoms with Crippen LogP contribution in [0.2, 0.25) is 0 Å². The van der Waals surface area contributed by atoms with E-state index in [0.29, 0.717) is 6.61 Å². The van der Waals surface area contributed by atoms with Gasteiger partial charge in [-0.1, -0.05) is 6.07 Å². The number of pyridine rings is 1. The minimum atomic E-state index is -4.42. The Kier molecular flexibility index (Phi) is 2.98. The Morgan fingerprint density at radius 1 is 1.36 bits per heavy atom. The van der Waals surface area contributed by atoms with Gasteiger partial charge in [-0.3, -0.25) is 0 Å². The maximum Gasteiger partial charge on any atom is 0.433 e. The Hall–Kier alpha value is -1.26. The Bertz CT molecular complexity index is 322. The molecule has 1 rings (SSSR count). The molecular formula is C9H10F3NO. The second-order valence-corrected chi connectivity index (χ2v) is 2.75. The average molecular weight is 205 g/mol. The summed E-state index contributed by atoms with van der Waals surface area (Å²) in [5.41, 5.74) is -0.788. The first-order chi connectivity index (χ1) is 6.45. The lowest BCUT2D eigenvalue weighted by atomic mass is 10.2. The average Bonchev–Trinajstić information content (AvgIpc) is 2.07. The van der Waals surface area contributed by atoms with E-state index < -0.39 is 11.9 Å². The highest BCUT2D eigenvalue weighted by molar-refractivity contribution is 5.26. The molecule has 0 spiro atoms. The van der Waals surface area contributed by atoms with Crippen LogP contribution in [0.4, 0.5) is 13.2 Å². The van der Waals surface area contributed by atoms with Crippen LogP contribution in [-0.4, -0.2) is 11.6 Å². The second kappa shape index (κ2) is 3.86. The van der Waals surface area contributed by atoms with Gasteiger partial charge in [0, 0.05) is 6.07 Å². The second-order valence-electron chi connectivity index (χ2n) is 2.75. The smallest absolute Gasteiger partial charge is 0.433 e. The van der Waals surface area contributed by atoms with E-state index in [1.54, 1.807) is 6.92 Å². The first-order valence-corrected chi connectivity index (χ1v) is 4.12. The number of hydrogen-bond donors (Lipinski definition) is 0. The lowest BCUT2D eigenvalue weighted by Crippen LogP contribution is -2.11. The van der Waals surface area contributed by atoms with Crippen molar-refractivity contribution >= 4 is 0 Å². The standard InChI is InChI=1S/C9H10F3NO/c1-3-14-7-5-4-6(2)8(13-7)9(10,11)12/h4-5H,3H2,1-2H3. The third kappa shape index (κ3) is 2.37. The molecule has 0 saturated heterocycles. The zero-order chi connectivity index (χ0) is 10.8. The fraction of sp³-hybridized carbons (Fsp3) is 0.444. The molecule has 0 aromatic carbocycles. The third-order valence-corrected chi connectivity index (χ3v) is 1.63. The summed E-state index contributed by atoms with van der Waals surface area (Å²) in [6.07, 6.45) is -4.42. The van der Waals surface area contributed by atoms with Gasteiger partial charge in [-0.05, 0) is 19.4 Å². The molecule has 0 atom stereocenters. The summed E-state index contributed by atoms with van der Waals surface area (Å²) in [5.74, 6) is 0.00502. The predicted molar refractivity (Wildman–Crippen MR) is 45.1 cm³/mol. The Labute approximate surface area is 79.7 Å². The summed E-state index contributed by atoms with van der Waals surface area (Å²) in [5, 5.41) is 0. The van der Waals surface area contributed by atoms with Crippen LogP contribution in [0.3, 0.4) is 0 Å². The van der Waals surface area contributed by atoms with E-state index in [2.05, 4.69) is 4.98 Å². The van der Waals surface area contributed by atoms with Crippen molar-refractivity contribution in [3.63, 3.8) is 0 Å². The van der Waals surface area contributed by atoms with E-state index in [4.69, 9.17) is 4.74 Å². The lowest BCUT2D eigenvalue weighted by molar-refractivity contribution is -0.141. The number of alkyl halides is 3. The van der Waals surface area contributed by atoms with Crippen LogP contribution >= 0.6 is 0 Å². The van der Waals surface area contributed by atoms with Gasteiger partial charge >= 0.3 is 6.18 Å². The van der Waals surface area contributed by atoms with Gasteiger partial charge in [-0.25, -0.2) is 4.98 Å². The summed E-state index contributed by atoms with van der Waals surface area (Å²) in [6, 6.07) is 2.77. The van der Waals surface area contributed by atoms with Crippen molar-refractivity contribution in [2.45, 2.75) is 20.0 Å². The van der Waals surface area contributed by atoms with Gasteiger partial charge in [0.15, 0.2) is 5.69 Å². The summed E-state index contributed by atoms with van der Waals surface area (Å²) in [4.78, 5) is 3.39. The highest BCUT2D eigenvalue weighted by Gasteiger charge is 2.34. The number of aryl methyl sites for hydroxylation is 1. The molecule has 0 radical (unpaired) electrons. The van der Waals surface area contributed by atoms with Gasteiger partial charge in [0.1, 0.15) is 0 Å². The normalized spacial score (nSPS) is 11.5. The van der Waals surface area contributed by atoms with Gasteiger partial charge in [0.25, 0.3) is 0 Å². The van der Waals surface area contributed by atoms with Gasteiger partial charge in [0.2, 0.25) is 5.88 Å². The summed E-state index contributed by atoms with van der Waals surface area (Å²) in [6.45, 7) is 3.35. The van der Waals surface area contributed by atoms with Crippen molar-refractivity contribution in [3.05, 3.63) is 23.4 Å². The summed E-state index contributed by atoms with van der Waals surface area (Å²) >= 11 is 0. The monoisotopic (exact) mass is 205 g/mol. The van der Waals surface area contributed by atoms with E-state index in [1.807, 2.05) is 0 Å². The van der Waals surface area contributed by atoms with Gasteiger partial charge in [-0.15, -0.1) is 0 Å². The number of halogens is 3. The first-order valence-electron chi connectivity index (χ1n) is 4.12. The Balaban J connectivity index is 3.09. The molecule has 1 aromatic heterocycles. The molecular weight excluding hydrogens is 195 g/mol. The van der Waals surface area contributed by atoms with Crippen molar-refractivity contribution in [3.8, 4) is 5.88 Å².